The molecule has 2 aliphatic rings. The number of nitrogens with one attached hydrogen (secondary N) is 2. The monoisotopic (exact) mass is 747 g/mol. The second kappa shape index (κ2) is 18.2. The van der Waals surface area contributed by atoms with Crippen molar-refractivity contribution in [3.05, 3.63) is 51.5 Å². The van der Waals surface area contributed by atoms with Crippen LogP contribution in [0.25, 0.3) is 0 Å². The molecular formula is C37H51F2N5O7S. The van der Waals surface area contributed by atoms with E-state index >= 15 is 0 Å². The quantitative estimate of drug-likeness (QED) is 0.195. The molecule has 3 amide bonds. The van der Waals surface area contributed by atoms with Crippen LogP contribution in [-0.4, -0.2) is 94.4 Å². The third-order valence-electron chi connectivity index (χ3n) is 9.94. The van der Waals surface area contributed by atoms with Gasteiger partial charge in [-0.2, -0.15) is 0 Å². The van der Waals surface area contributed by atoms with E-state index in [1.165, 1.54) is 19.2 Å². The number of carboxylic acid groups (broad SMARTS) is 1. The first kappa shape index (κ1) is 40.8. The van der Waals surface area contributed by atoms with Crippen LogP contribution in [0.2, 0.25) is 0 Å². The summed E-state index contributed by atoms with van der Waals surface area (Å²) in [6.45, 7) is 7.46. The van der Waals surface area contributed by atoms with Gasteiger partial charge in [0, 0.05) is 43.9 Å². The molecular weight excluding hydrogens is 696 g/mol. The van der Waals surface area contributed by atoms with E-state index in [0.29, 0.717) is 5.01 Å². The summed E-state index contributed by atoms with van der Waals surface area (Å²) in [7, 11) is 3.62. The van der Waals surface area contributed by atoms with Gasteiger partial charge < -0.3 is 25.4 Å². The van der Waals surface area contributed by atoms with Crippen molar-refractivity contribution in [2.75, 3.05) is 20.6 Å². The number of carboxylic acids is 1. The summed E-state index contributed by atoms with van der Waals surface area (Å²) >= 11 is 1.09. The van der Waals surface area contributed by atoms with E-state index in [1.54, 1.807) is 11.9 Å². The summed E-state index contributed by atoms with van der Waals surface area (Å²) in [5.74, 6) is -5.14. The number of aliphatic carboxylic acids is 1. The van der Waals surface area contributed by atoms with Crippen molar-refractivity contribution in [1.82, 2.24) is 25.4 Å². The number of thiazole rings is 1. The number of likely N-dealkylation sites (N-methyl/N-ethyl adjacent to an activating group) is 2. The normalized spacial score (nSPS) is 19.2. The first-order chi connectivity index (χ1) is 24.5. The average Bonchev–Trinajstić information content (AvgIpc) is 3.78. The number of halogens is 2. The zero-order valence-electron chi connectivity index (χ0n) is 30.7. The Hall–Kier alpha value is -3.98. The van der Waals surface area contributed by atoms with Crippen molar-refractivity contribution in [2.24, 2.45) is 17.8 Å². The molecule has 2 heterocycles. The van der Waals surface area contributed by atoms with Crippen LogP contribution in [0.1, 0.15) is 99.8 Å². The molecule has 6 atom stereocenters. The van der Waals surface area contributed by atoms with Crippen LogP contribution in [0, 0.1) is 29.4 Å². The molecule has 15 heteroatoms. The molecule has 2 fully saturated rings. The Labute approximate surface area is 307 Å². The molecule has 12 nitrogen and oxygen atoms in total. The minimum atomic E-state index is -1.09. The maximum absolute atomic E-state index is 14.0. The highest BCUT2D eigenvalue weighted by Gasteiger charge is 2.42. The fourth-order valence-corrected chi connectivity index (χ4v) is 7.72. The Bertz CT molecular complexity index is 1580. The number of likely N-dealkylation sites (tertiary alicyclic amines) is 1. The van der Waals surface area contributed by atoms with Gasteiger partial charge in [0.1, 0.15) is 28.4 Å². The van der Waals surface area contributed by atoms with Crippen LogP contribution in [0.5, 0.6) is 0 Å². The van der Waals surface area contributed by atoms with Gasteiger partial charge in [0.05, 0.1) is 12.0 Å². The van der Waals surface area contributed by atoms with Crippen molar-refractivity contribution in [3.63, 3.8) is 0 Å². The molecule has 1 aromatic carbocycles. The molecule has 1 saturated heterocycles. The molecule has 0 spiro atoms. The SMILES string of the molecule is CC(=O)O[C@H](C[C@H](C(C)C)N(C)C(=O)[C@@H](NC(=O)[C@H]1CCCCN1C)C1CC1)c1nc(C(=O)N[C@@H](Cc2cc(F)cc(F)c2)C[C@H](C)C(=O)O)cs1. The van der Waals surface area contributed by atoms with Crippen molar-refractivity contribution in [3.8, 4) is 0 Å². The maximum Gasteiger partial charge on any atom is 0.306 e. The molecule has 0 radical (unpaired) electrons. The predicted molar refractivity (Wildman–Crippen MR) is 190 cm³/mol. The summed E-state index contributed by atoms with van der Waals surface area (Å²) in [5.41, 5.74) is 0.239. The molecule has 0 unspecified atom stereocenters. The molecule has 1 aromatic heterocycles. The number of ether oxygens (including phenoxy) is 1. The maximum atomic E-state index is 14.0. The van der Waals surface area contributed by atoms with E-state index in [-0.39, 0.29) is 60.2 Å². The average molecular weight is 748 g/mol. The smallest absolute Gasteiger partial charge is 0.306 e. The van der Waals surface area contributed by atoms with Crippen LogP contribution < -0.4 is 10.6 Å². The Morgan fingerprint density at radius 3 is 2.29 bits per heavy atom. The highest BCUT2D eigenvalue weighted by atomic mass is 32.1. The lowest BCUT2D eigenvalue weighted by molar-refractivity contribution is -0.149. The molecule has 1 saturated carbocycles. The minimum absolute atomic E-state index is 0.00901. The lowest BCUT2D eigenvalue weighted by Crippen LogP contribution is -2.56. The molecule has 1 aliphatic heterocycles. The van der Waals surface area contributed by atoms with Gasteiger partial charge in [0.2, 0.25) is 11.8 Å². The number of carbonyl (C=O) groups is 5. The third kappa shape index (κ3) is 11.3. The second-order valence-electron chi connectivity index (χ2n) is 14.6. The van der Waals surface area contributed by atoms with Gasteiger partial charge in [-0.25, -0.2) is 13.8 Å². The van der Waals surface area contributed by atoms with E-state index in [9.17, 15) is 37.9 Å². The summed E-state index contributed by atoms with van der Waals surface area (Å²) in [6, 6.07) is 0.809. The number of hydrogen-bond acceptors (Lipinski definition) is 9. The van der Waals surface area contributed by atoms with Gasteiger partial charge in [0.25, 0.3) is 5.91 Å². The number of nitrogens with zero attached hydrogens (tertiary/aromatic N) is 3. The largest absolute Gasteiger partial charge is 0.481 e. The fraction of sp³-hybridized carbons (Fsp3) is 0.622. The number of benzene rings is 1. The zero-order valence-corrected chi connectivity index (χ0v) is 31.5. The van der Waals surface area contributed by atoms with Crippen LogP contribution >= 0.6 is 11.3 Å². The predicted octanol–water partition coefficient (Wildman–Crippen LogP) is 4.73. The highest BCUT2D eigenvalue weighted by molar-refractivity contribution is 7.09. The number of esters is 1. The van der Waals surface area contributed by atoms with E-state index in [2.05, 4.69) is 15.6 Å². The third-order valence-corrected chi connectivity index (χ3v) is 10.9. The minimum Gasteiger partial charge on any atom is -0.481 e. The van der Waals surface area contributed by atoms with E-state index in [1.807, 2.05) is 25.8 Å². The summed E-state index contributed by atoms with van der Waals surface area (Å²) < 4.78 is 33.5. The van der Waals surface area contributed by atoms with Crippen LogP contribution in [0.4, 0.5) is 8.78 Å². The van der Waals surface area contributed by atoms with Crippen molar-refractivity contribution in [1.29, 1.82) is 0 Å². The standard InChI is InChI=1S/C37H51F2N5O7S/c1-20(2)30(44(6)36(48)32(24-10-11-24)42-34(47)29-9-7-8-12-43(29)5)18-31(51-22(4)45)35-41-28(19-52-35)33(46)40-27(13-21(3)37(49)50)16-23-14-25(38)17-26(39)15-23/h14-15,17,19-21,24,27,29-32H,7-13,16,18H2,1-6H3,(H,40,46)(H,42,47)(H,49,50)/t21-,27+,29+,30+,31+,32-/m0/s1. The van der Waals surface area contributed by atoms with E-state index in [0.717, 1.165) is 68.2 Å². The number of aromatic nitrogens is 1. The van der Waals surface area contributed by atoms with Gasteiger partial charge in [-0.05, 0) is 81.6 Å². The van der Waals surface area contributed by atoms with Gasteiger partial charge in [0.15, 0.2) is 6.10 Å². The van der Waals surface area contributed by atoms with Gasteiger partial charge >= 0.3 is 11.9 Å². The summed E-state index contributed by atoms with van der Waals surface area (Å²) in [6.07, 6.45) is 3.64. The lowest BCUT2D eigenvalue weighted by atomic mass is 9.95. The summed E-state index contributed by atoms with van der Waals surface area (Å²) in [4.78, 5) is 72.8. The molecule has 1 aliphatic carbocycles. The van der Waals surface area contributed by atoms with Crippen molar-refractivity contribution in [2.45, 2.75) is 109 Å². The van der Waals surface area contributed by atoms with E-state index in [4.69, 9.17) is 4.74 Å². The molecule has 3 N–H and O–H groups in total. The first-order valence-electron chi connectivity index (χ1n) is 17.9. The number of piperidine rings is 1. The number of carbonyl (C=O) groups excluding carboxylic acids is 4. The molecule has 52 heavy (non-hydrogen) atoms. The topological polar surface area (TPSA) is 158 Å². The van der Waals surface area contributed by atoms with Crippen molar-refractivity contribution >= 4 is 41.0 Å². The van der Waals surface area contributed by atoms with Gasteiger partial charge in [-0.15, -0.1) is 11.3 Å². The molecule has 4 rings (SSSR count). The first-order valence-corrected chi connectivity index (χ1v) is 18.8. The molecule has 2 aromatic rings. The lowest BCUT2D eigenvalue weighted by Gasteiger charge is -2.37. The number of rotatable bonds is 17. The van der Waals surface area contributed by atoms with Gasteiger partial charge in [-0.1, -0.05) is 27.2 Å². The Kier molecular flexibility index (Phi) is 14.3. The highest BCUT2D eigenvalue weighted by Crippen LogP contribution is 2.36. The second-order valence-corrected chi connectivity index (χ2v) is 15.5. The van der Waals surface area contributed by atoms with Crippen molar-refractivity contribution < 1.29 is 42.6 Å². The fourth-order valence-electron chi connectivity index (χ4n) is 6.88. The summed E-state index contributed by atoms with van der Waals surface area (Å²) in [5, 5.41) is 17.1. The Morgan fingerprint density at radius 2 is 1.71 bits per heavy atom. The van der Waals surface area contributed by atoms with E-state index < -0.39 is 59.6 Å². The zero-order chi connectivity index (χ0) is 38.3. The molecule has 0 bridgehead atoms. The number of amides is 3. The van der Waals surface area contributed by atoms with Crippen LogP contribution in [0.15, 0.2) is 23.6 Å². The number of hydrogen-bond donors (Lipinski definition) is 3. The van der Waals surface area contributed by atoms with Crippen LogP contribution in [0.3, 0.4) is 0 Å². The molecule has 286 valence electrons. The Morgan fingerprint density at radius 1 is 1.04 bits per heavy atom. The van der Waals surface area contributed by atoms with Crippen LogP contribution in [-0.2, 0) is 30.3 Å². The van der Waals surface area contributed by atoms with Gasteiger partial charge in [-0.3, -0.25) is 28.9 Å². The Balaban J connectivity index is 1.50.